The van der Waals surface area contributed by atoms with Gasteiger partial charge >= 0.3 is 0 Å². The summed E-state index contributed by atoms with van der Waals surface area (Å²) in [7, 11) is 2.30. The molecule has 13 heavy (non-hydrogen) atoms. The highest BCUT2D eigenvalue weighted by Gasteiger charge is 2.28. The Hall–Kier alpha value is -0.0800. The van der Waals surface area contributed by atoms with E-state index in [0.29, 0.717) is 0 Å². The maximum Gasteiger partial charge on any atom is 0.00923 e. The number of rotatable bonds is 3. The first-order chi connectivity index (χ1) is 6.27. The lowest BCUT2D eigenvalue weighted by Crippen LogP contribution is -2.41. The van der Waals surface area contributed by atoms with Crippen molar-refractivity contribution in [2.24, 2.45) is 11.8 Å². The van der Waals surface area contributed by atoms with Gasteiger partial charge in [-0.1, -0.05) is 13.3 Å². The Morgan fingerprint density at radius 1 is 1.31 bits per heavy atom. The van der Waals surface area contributed by atoms with Gasteiger partial charge in [-0.25, -0.2) is 0 Å². The largest absolute Gasteiger partial charge is 0.316 e. The van der Waals surface area contributed by atoms with E-state index in [9.17, 15) is 0 Å². The van der Waals surface area contributed by atoms with Crippen molar-refractivity contribution in [1.82, 2.24) is 10.2 Å². The van der Waals surface area contributed by atoms with Crippen molar-refractivity contribution >= 4 is 0 Å². The smallest absolute Gasteiger partial charge is 0.00923 e. The average molecular weight is 182 g/mol. The Labute approximate surface area is 81.7 Å². The number of nitrogens with one attached hydrogen (secondary N) is 1. The molecule has 0 unspecified atom stereocenters. The van der Waals surface area contributed by atoms with Gasteiger partial charge in [-0.2, -0.15) is 0 Å². The van der Waals surface area contributed by atoms with Crippen LogP contribution in [0.4, 0.5) is 0 Å². The molecule has 2 atom stereocenters. The molecule has 0 aromatic heterocycles. The maximum atomic E-state index is 3.48. The van der Waals surface area contributed by atoms with E-state index in [0.717, 1.165) is 17.9 Å². The molecule has 1 N–H and O–H groups in total. The van der Waals surface area contributed by atoms with E-state index in [2.05, 4.69) is 24.2 Å². The second-order valence-corrected chi connectivity index (χ2v) is 4.92. The molecule has 0 bridgehead atoms. The topological polar surface area (TPSA) is 15.3 Å². The van der Waals surface area contributed by atoms with Crippen molar-refractivity contribution in [3.8, 4) is 0 Å². The van der Waals surface area contributed by atoms with Gasteiger partial charge in [0.15, 0.2) is 0 Å². The highest BCUT2D eigenvalue weighted by molar-refractivity contribution is 4.84. The molecule has 2 rings (SSSR count). The Bertz CT molecular complexity index is 165. The van der Waals surface area contributed by atoms with E-state index in [1.807, 2.05) is 0 Å². The molecular weight excluding hydrogens is 160 g/mol. The van der Waals surface area contributed by atoms with Gasteiger partial charge in [0.1, 0.15) is 0 Å². The molecule has 76 valence electrons. The second kappa shape index (κ2) is 3.97. The van der Waals surface area contributed by atoms with E-state index >= 15 is 0 Å². The minimum atomic E-state index is 0.877. The number of hydrogen-bond acceptors (Lipinski definition) is 2. The predicted octanol–water partition coefficient (Wildman–Crippen LogP) is 1.33. The van der Waals surface area contributed by atoms with Crippen LogP contribution < -0.4 is 5.32 Å². The van der Waals surface area contributed by atoms with Crippen LogP contribution in [0.25, 0.3) is 0 Å². The van der Waals surface area contributed by atoms with Crippen LogP contribution in [0.15, 0.2) is 0 Å². The minimum Gasteiger partial charge on any atom is -0.316 e. The lowest BCUT2D eigenvalue weighted by Gasteiger charge is -2.36. The zero-order valence-electron chi connectivity index (χ0n) is 8.92. The highest BCUT2D eigenvalue weighted by Crippen LogP contribution is 2.26. The van der Waals surface area contributed by atoms with Crippen molar-refractivity contribution < 1.29 is 0 Å². The highest BCUT2D eigenvalue weighted by atomic mass is 15.1. The van der Waals surface area contributed by atoms with Crippen molar-refractivity contribution in [3.05, 3.63) is 0 Å². The molecule has 1 heterocycles. The Morgan fingerprint density at radius 3 is 2.54 bits per heavy atom. The van der Waals surface area contributed by atoms with Crippen molar-refractivity contribution in [2.45, 2.75) is 32.2 Å². The fraction of sp³-hybridized carbons (Fsp3) is 1.00. The summed E-state index contributed by atoms with van der Waals surface area (Å²) < 4.78 is 0. The summed E-state index contributed by atoms with van der Waals surface area (Å²) in [5.41, 5.74) is 0. The average Bonchev–Trinajstić information content (AvgIpc) is 2.32. The van der Waals surface area contributed by atoms with Gasteiger partial charge in [0, 0.05) is 12.6 Å². The van der Waals surface area contributed by atoms with Gasteiger partial charge in [-0.15, -0.1) is 0 Å². The monoisotopic (exact) mass is 182 g/mol. The SMILES string of the molecule is C[C@@H]1CNC[C@H]1CN(C)C1CCC1. The Kier molecular flexibility index (Phi) is 2.89. The summed E-state index contributed by atoms with van der Waals surface area (Å²) in [6, 6.07) is 0.910. The van der Waals surface area contributed by atoms with Crippen LogP contribution in [0.3, 0.4) is 0 Å². The van der Waals surface area contributed by atoms with E-state index in [1.54, 1.807) is 0 Å². The molecular formula is C11H22N2. The molecule has 1 aliphatic carbocycles. The Morgan fingerprint density at radius 2 is 2.08 bits per heavy atom. The van der Waals surface area contributed by atoms with Crippen LogP contribution in [0.1, 0.15) is 26.2 Å². The van der Waals surface area contributed by atoms with Gasteiger partial charge in [0.05, 0.1) is 0 Å². The summed E-state index contributed by atoms with van der Waals surface area (Å²) in [6.07, 6.45) is 4.32. The standard InChI is InChI=1S/C11H22N2/c1-9-6-12-7-10(9)8-13(2)11-4-3-5-11/h9-12H,3-8H2,1-2H3/t9-,10+/m1/s1. The molecule has 2 aliphatic rings. The zero-order valence-corrected chi connectivity index (χ0v) is 8.92. The summed E-state index contributed by atoms with van der Waals surface area (Å²) in [5.74, 6) is 1.77. The quantitative estimate of drug-likeness (QED) is 0.708. The molecule has 2 fully saturated rings. The van der Waals surface area contributed by atoms with Gasteiger partial charge in [-0.3, -0.25) is 0 Å². The normalized spacial score (nSPS) is 35.3. The summed E-state index contributed by atoms with van der Waals surface area (Å²) >= 11 is 0. The second-order valence-electron chi connectivity index (χ2n) is 4.92. The van der Waals surface area contributed by atoms with Gasteiger partial charge in [0.25, 0.3) is 0 Å². The van der Waals surface area contributed by atoms with E-state index in [-0.39, 0.29) is 0 Å². The molecule has 2 heteroatoms. The molecule has 2 nitrogen and oxygen atoms in total. The molecule has 0 aromatic rings. The number of hydrogen-bond donors (Lipinski definition) is 1. The predicted molar refractivity (Wildman–Crippen MR) is 55.8 cm³/mol. The van der Waals surface area contributed by atoms with Crippen LogP contribution in [0.5, 0.6) is 0 Å². The molecule has 0 spiro atoms. The van der Waals surface area contributed by atoms with E-state index in [4.69, 9.17) is 0 Å². The lowest BCUT2D eigenvalue weighted by atomic mass is 9.90. The lowest BCUT2D eigenvalue weighted by molar-refractivity contribution is 0.133. The summed E-state index contributed by atoms with van der Waals surface area (Å²) in [6.45, 7) is 6.14. The first-order valence-corrected chi connectivity index (χ1v) is 5.68. The molecule has 1 saturated heterocycles. The minimum absolute atomic E-state index is 0.877. The van der Waals surface area contributed by atoms with E-state index < -0.39 is 0 Å². The van der Waals surface area contributed by atoms with Crippen LogP contribution in [-0.4, -0.2) is 37.6 Å². The van der Waals surface area contributed by atoms with Crippen molar-refractivity contribution in [1.29, 1.82) is 0 Å². The number of nitrogens with zero attached hydrogens (tertiary/aromatic N) is 1. The zero-order chi connectivity index (χ0) is 9.26. The summed E-state index contributed by atoms with van der Waals surface area (Å²) in [5, 5.41) is 3.48. The van der Waals surface area contributed by atoms with Crippen LogP contribution in [0, 0.1) is 11.8 Å². The Balaban J connectivity index is 1.75. The molecule has 1 saturated carbocycles. The maximum absolute atomic E-state index is 3.48. The van der Waals surface area contributed by atoms with Crippen molar-refractivity contribution in [3.63, 3.8) is 0 Å². The third-order valence-electron chi connectivity index (χ3n) is 3.90. The van der Waals surface area contributed by atoms with Crippen molar-refractivity contribution in [2.75, 3.05) is 26.7 Å². The third kappa shape index (κ3) is 2.05. The van der Waals surface area contributed by atoms with Crippen LogP contribution in [0.2, 0.25) is 0 Å². The first kappa shape index (κ1) is 9.47. The van der Waals surface area contributed by atoms with Gasteiger partial charge in [-0.05, 0) is 44.8 Å². The molecule has 1 aliphatic heterocycles. The summed E-state index contributed by atoms with van der Waals surface area (Å²) in [4.78, 5) is 2.58. The fourth-order valence-electron chi connectivity index (χ4n) is 2.46. The molecule has 0 radical (unpaired) electrons. The molecule has 0 amide bonds. The third-order valence-corrected chi connectivity index (χ3v) is 3.90. The van der Waals surface area contributed by atoms with Gasteiger partial charge < -0.3 is 10.2 Å². The first-order valence-electron chi connectivity index (χ1n) is 5.68. The fourth-order valence-corrected chi connectivity index (χ4v) is 2.46. The van der Waals surface area contributed by atoms with Crippen LogP contribution >= 0.6 is 0 Å². The van der Waals surface area contributed by atoms with Crippen LogP contribution in [-0.2, 0) is 0 Å². The van der Waals surface area contributed by atoms with E-state index in [1.165, 1.54) is 38.9 Å². The van der Waals surface area contributed by atoms with Gasteiger partial charge in [0.2, 0.25) is 0 Å². The molecule has 0 aromatic carbocycles.